The van der Waals surface area contributed by atoms with Crippen molar-refractivity contribution in [3.8, 4) is 0 Å². The fourth-order valence-corrected chi connectivity index (χ4v) is 5.24. The molecule has 3 fully saturated rings. The molecule has 0 aromatic rings. The van der Waals surface area contributed by atoms with Crippen molar-refractivity contribution in [1.29, 1.82) is 0 Å². The quantitative estimate of drug-likeness (QED) is 0.438. The van der Waals surface area contributed by atoms with Crippen LogP contribution in [0.3, 0.4) is 0 Å². The molecule has 0 aromatic carbocycles. The van der Waals surface area contributed by atoms with Gasteiger partial charge in [0.15, 0.2) is 6.10 Å². The van der Waals surface area contributed by atoms with Gasteiger partial charge in [-0.15, -0.1) is 0 Å². The maximum Gasteiger partial charge on any atom is 0.337 e. The number of hydrogen-bond acceptors (Lipinski definition) is 5. The van der Waals surface area contributed by atoms with E-state index in [1.165, 1.54) is 12.5 Å². The molecule has 2 aliphatic carbocycles. The van der Waals surface area contributed by atoms with E-state index in [1.807, 2.05) is 6.08 Å². The molecule has 5 atom stereocenters. The van der Waals surface area contributed by atoms with Crippen LogP contribution in [0.1, 0.15) is 52.9 Å². The van der Waals surface area contributed by atoms with E-state index in [0.717, 1.165) is 19.3 Å². The van der Waals surface area contributed by atoms with Crippen LogP contribution in [-0.4, -0.2) is 30.4 Å². The lowest BCUT2D eigenvalue weighted by atomic mass is 9.51. The zero-order valence-electron chi connectivity index (χ0n) is 15.9. The zero-order valence-corrected chi connectivity index (χ0v) is 15.9. The van der Waals surface area contributed by atoms with E-state index in [9.17, 15) is 14.4 Å². The predicted molar refractivity (Wildman–Crippen MR) is 96.1 cm³/mol. The first-order chi connectivity index (χ1) is 12.2. The van der Waals surface area contributed by atoms with Gasteiger partial charge >= 0.3 is 11.9 Å². The van der Waals surface area contributed by atoms with E-state index < -0.39 is 18.0 Å². The van der Waals surface area contributed by atoms with Crippen LogP contribution in [0.4, 0.5) is 0 Å². The van der Waals surface area contributed by atoms with E-state index in [-0.39, 0.29) is 23.9 Å². The van der Waals surface area contributed by atoms with E-state index in [2.05, 4.69) is 20.4 Å². The number of ketones is 1. The van der Waals surface area contributed by atoms with Gasteiger partial charge in [0.2, 0.25) is 0 Å². The molecular formula is C21H28O5. The second-order valence-electron chi connectivity index (χ2n) is 8.21. The molecule has 1 heterocycles. The van der Waals surface area contributed by atoms with Crippen molar-refractivity contribution in [2.75, 3.05) is 6.61 Å². The average molecular weight is 360 g/mol. The molecule has 1 aliphatic heterocycles. The summed E-state index contributed by atoms with van der Waals surface area (Å²) in [5.41, 5.74) is 1.63. The van der Waals surface area contributed by atoms with Gasteiger partial charge in [0, 0.05) is 19.3 Å². The normalized spacial score (nSPS) is 38.9. The summed E-state index contributed by atoms with van der Waals surface area (Å²) in [6.45, 7) is 10.0. The lowest BCUT2D eigenvalue weighted by molar-refractivity contribution is -0.145. The average Bonchev–Trinajstić information content (AvgIpc) is 2.90. The number of carbonyl (C=O) groups is 3. The van der Waals surface area contributed by atoms with Gasteiger partial charge in [0.05, 0.1) is 5.57 Å². The topological polar surface area (TPSA) is 69.7 Å². The van der Waals surface area contributed by atoms with E-state index in [1.54, 1.807) is 0 Å². The van der Waals surface area contributed by atoms with E-state index in [4.69, 9.17) is 9.47 Å². The Hall–Kier alpha value is -1.91. The minimum atomic E-state index is -0.618. The van der Waals surface area contributed by atoms with Crippen molar-refractivity contribution >= 4 is 17.7 Å². The smallest absolute Gasteiger partial charge is 0.337 e. The molecule has 1 unspecified atom stereocenters. The summed E-state index contributed by atoms with van der Waals surface area (Å²) in [5, 5.41) is 0. The van der Waals surface area contributed by atoms with Gasteiger partial charge in [-0.25, -0.2) is 4.79 Å². The second kappa shape index (κ2) is 7.01. The minimum absolute atomic E-state index is 0.0131. The first-order valence-corrected chi connectivity index (χ1v) is 9.48. The van der Waals surface area contributed by atoms with Crippen LogP contribution in [0, 0.1) is 23.2 Å². The number of allylic oxidation sites excluding steroid dienone is 2. The Morgan fingerprint density at radius 1 is 1.38 bits per heavy atom. The van der Waals surface area contributed by atoms with Crippen LogP contribution in [0.2, 0.25) is 0 Å². The molecule has 26 heavy (non-hydrogen) atoms. The summed E-state index contributed by atoms with van der Waals surface area (Å²) >= 11 is 0. The second-order valence-corrected chi connectivity index (χ2v) is 8.21. The first kappa shape index (κ1) is 18.9. The van der Waals surface area contributed by atoms with Crippen LogP contribution >= 0.6 is 0 Å². The van der Waals surface area contributed by atoms with Crippen LogP contribution in [0.15, 0.2) is 23.8 Å². The molecule has 3 aliphatic rings. The predicted octanol–water partition coefficient (Wildman–Crippen LogP) is 3.38. The monoisotopic (exact) mass is 360 g/mol. The van der Waals surface area contributed by atoms with E-state index >= 15 is 0 Å². The van der Waals surface area contributed by atoms with Crippen molar-refractivity contribution in [2.45, 2.75) is 59.0 Å². The van der Waals surface area contributed by atoms with Crippen molar-refractivity contribution in [3.63, 3.8) is 0 Å². The fourth-order valence-electron chi connectivity index (χ4n) is 5.24. The summed E-state index contributed by atoms with van der Waals surface area (Å²) in [6, 6.07) is 0. The van der Waals surface area contributed by atoms with Crippen LogP contribution in [-0.2, 0) is 23.9 Å². The molecule has 0 spiro atoms. The maximum absolute atomic E-state index is 12.2. The Balaban J connectivity index is 1.83. The summed E-state index contributed by atoms with van der Waals surface area (Å²) in [4.78, 5) is 35.5. The van der Waals surface area contributed by atoms with Gasteiger partial charge in [-0.1, -0.05) is 32.1 Å². The van der Waals surface area contributed by atoms with Gasteiger partial charge in [0.25, 0.3) is 0 Å². The van der Waals surface area contributed by atoms with Crippen molar-refractivity contribution < 1.29 is 23.9 Å². The number of ether oxygens (including phenoxy) is 2. The Kier molecular flexibility index (Phi) is 5.09. The maximum atomic E-state index is 12.2. The van der Waals surface area contributed by atoms with Gasteiger partial charge in [-0.05, 0) is 42.9 Å². The molecule has 2 saturated carbocycles. The number of cyclic esters (lactones) is 1. The summed E-state index contributed by atoms with van der Waals surface area (Å²) < 4.78 is 10.3. The lowest BCUT2D eigenvalue weighted by Crippen LogP contribution is -2.48. The third-order valence-electron chi connectivity index (χ3n) is 6.76. The van der Waals surface area contributed by atoms with Gasteiger partial charge in [0.1, 0.15) is 12.4 Å². The lowest BCUT2D eigenvalue weighted by Gasteiger charge is -2.53. The Labute approximate surface area is 154 Å². The largest absolute Gasteiger partial charge is 0.458 e. The van der Waals surface area contributed by atoms with Crippen molar-refractivity contribution in [3.05, 3.63) is 23.8 Å². The van der Waals surface area contributed by atoms with Crippen LogP contribution in [0.25, 0.3) is 0 Å². The molecule has 1 saturated heterocycles. The highest BCUT2D eigenvalue weighted by Crippen LogP contribution is 2.57. The molecule has 5 heteroatoms. The van der Waals surface area contributed by atoms with Crippen molar-refractivity contribution in [2.24, 2.45) is 23.2 Å². The fraction of sp³-hybridized carbons (Fsp3) is 0.667. The SMILES string of the molecule is C=C1CCC2[C@@H](C)C(=O)CC[C@]2(C)[C@@H]1C/C=C1/C(=O)OC[C@H]1OC(C)=O. The molecule has 0 radical (unpaired) electrons. The number of hydrogen-bond donors (Lipinski definition) is 0. The third kappa shape index (κ3) is 3.24. The number of rotatable bonds is 3. The zero-order chi connectivity index (χ0) is 19.1. The molecular weight excluding hydrogens is 332 g/mol. The number of Topliss-reactive ketones (excluding diaryl/α,β-unsaturated/α-hetero) is 1. The third-order valence-corrected chi connectivity index (χ3v) is 6.76. The number of fused-ring (bicyclic) bond motifs is 1. The van der Waals surface area contributed by atoms with Crippen LogP contribution < -0.4 is 0 Å². The Morgan fingerprint density at radius 2 is 2.12 bits per heavy atom. The molecule has 0 aromatic heterocycles. The highest BCUT2D eigenvalue weighted by molar-refractivity contribution is 5.92. The van der Waals surface area contributed by atoms with Crippen molar-refractivity contribution in [1.82, 2.24) is 0 Å². The molecule has 0 amide bonds. The van der Waals surface area contributed by atoms with Gasteiger partial charge in [-0.2, -0.15) is 0 Å². The number of carbonyl (C=O) groups excluding carboxylic acids is 3. The molecule has 0 bridgehead atoms. The minimum Gasteiger partial charge on any atom is -0.458 e. The highest BCUT2D eigenvalue weighted by atomic mass is 16.6. The first-order valence-electron chi connectivity index (χ1n) is 9.48. The summed E-state index contributed by atoms with van der Waals surface area (Å²) in [6.07, 6.45) is 5.32. The Bertz CT molecular complexity index is 676. The van der Waals surface area contributed by atoms with Gasteiger partial charge in [-0.3, -0.25) is 9.59 Å². The standard InChI is InChI=1S/C21H28O5/c1-12-5-7-17-13(2)18(23)9-10-21(17,4)16(12)8-6-15-19(26-14(3)22)11-25-20(15)24/h6,13,16-17,19H,1,5,7-11H2,2-4H3/b15-6+/t13-,16-,17?,19-,21-/m1/s1. The summed E-state index contributed by atoms with van der Waals surface area (Å²) in [5.74, 6) is 0.196. The highest BCUT2D eigenvalue weighted by Gasteiger charge is 2.51. The molecule has 3 rings (SSSR count). The van der Waals surface area contributed by atoms with Gasteiger partial charge < -0.3 is 9.47 Å². The Morgan fingerprint density at radius 3 is 2.81 bits per heavy atom. The number of esters is 2. The van der Waals surface area contributed by atoms with E-state index in [0.29, 0.717) is 30.1 Å². The van der Waals surface area contributed by atoms with Crippen LogP contribution in [0.5, 0.6) is 0 Å². The molecule has 0 N–H and O–H groups in total. The molecule has 142 valence electrons. The summed E-state index contributed by atoms with van der Waals surface area (Å²) in [7, 11) is 0. The molecule has 5 nitrogen and oxygen atoms in total.